The van der Waals surface area contributed by atoms with Gasteiger partial charge in [-0.15, -0.1) is 10.2 Å². The second-order valence-corrected chi connectivity index (χ2v) is 4.93. The van der Waals surface area contributed by atoms with Crippen LogP contribution >= 0.6 is 0 Å². The van der Waals surface area contributed by atoms with E-state index >= 15 is 0 Å². The molecule has 0 atom stereocenters. The van der Waals surface area contributed by atoms with Gasteiger partial charge in [0, 0.05) is 31.7 Å². The van der Waals surface area contributed by atoms with Gasteiger partial charge in [0.05, 0.1) is 7.11 Å². The molecule has 1 aromatic heterocycles. The van der Waals surface area contributed by atoms with Gasteiger partial charge in [-0.05, 0) is 18.6 Å². The Balaban J connectivity index is 1.94. The van der Waals surface area contributed by atoms with Crippen molar-refractivity contribution in [3.63, 3.8) is 0 Å². The first-order valence-electron chi connectivity index (χ1n) is 7.04. The summed E-state index contributed by atoms with van der Waals surface area (Å²) in [6.45, 7) is 2.40. The zero-order chi connectivity index (χ0) is 15.9. The Morgan fingerprint density at radius 3 is 2.86 bits per heavy atom. The van der Waals surface area contributed by atoms with E-state index in [0.29, 0.717) is 13.0 Å². The molecule has 1 N–H and O–H groups in total. The van der Waals surface area contributed by atoms with Gasteiger partial charge in [-0.25, -0.2) is 0 Å². The number of nitrogens with zero attached hydrogens (tertiary/aromatic N) is 3. The first-order valence-corrected chi connectivity index (χ1v) is 7.04. The highest BCUT2D eigenvalue weighted by atomic mass is 16.5. The molecule has 116 valence electrons. The molecule has 2 rings (SSSR count). The number of hydrogen-bond donors (Lipinski definition) is 1. The van der Waals surface area contributed by atoms with Gasteiger partial charge in [0.2, 0.25) is 5.91 Å². The van der Waals surface area contributed by atoms with Gasteiger partial charge in [-0.3, -0.25) is 4.79 Å². The Hall–Kier alpha value is -2.63. The molecule has 6 heteroatoms. The number of allylic oxidation sites excluding steroid dienone is 1. The number of aromatic nitrogens is 3. The highest BCUT2D eigenvalue weighted by Gasteiger charge is 2.06. The number of carbonyl (C=O) groups is 1. The lowest BCUT2D eigenvalue weighted by Gasteiger charge is -2.08. The van der Waals surface area contributed by atoms with Gasteiger partial charge < -0.3 is 14.6 Å². The molecule has 1 aromatic carbocycles. The maximum atomic E-state index is 12.0. The summed E-state index contributed by atoms with van der Waals surface area (Å²) in [5.41, 5.74) is 1.77. The fraction of sp³-hybridized carbons (Fsp3) is 0.312. The predicted molar refractivity (Wildman–Crippen MR) is 84.4 cm³/mol. The van der Waals surface area contributed by atoms with Crippen LogP contribution in [0.25, 0.3) is 5.57 Å². The minimum Gasteiger partial charge on any atom is -0.496 e. The molecule has 22 heavy (non-hydrogen) atoms. The molecule has 0 spiro atoms. The molecule has 1 heterocycles. The van der Waals surface area contributed by atoms with Crippen LogP contribution in [-0.2, 0) is 18.3 Å². The maximum absolute atomic E-state index is 12.0. The van der Waals surface area contributed by atoms with Crippen LogP contribution in [-0.4, -0.2) is 34.3 Å². The third kappa shape index (κ3) is 3.94. The summed E-state index contributed by atoms with van der Waals surface area (Å²) in [6, 6.07) is 7.62. The lowest BCUT2D eigenvalue weighted by atomic mass is 10.1. The summed E-state index contributed by atoms with van der Waals surface area (Å²) >= 11 is 0. The normalized spacial score (nSPS) is 11.3. The minimum atomic E-state index is -0.134. The van der Waals surface area contributed by atoms with Crippen molar-refractivity contribution < 1.29 is 9.53 Å². The van der Waals surface area contributed by atoms with Crippen molar-refractivity contribution in [2.75, 3.05) is 13.7 Å². The molecular weight excluding hydrogens is 280 g/mol. The molecule has 6 nitrogen and oxygen atoms in total. The van der Waals surface area contributed by atoms with Crippen molar-refractivity contribution in [2.24, 2.45) is 7.05 Å². The number of para-hydroxylation sites is 1. The SMILES string of the molecule is COc1ccccc1/C(C)=C/C(=O)NCCc1nncn1C. The van der Waals surface area contributed by atoms with Gasteiger partial charge in [-0.1, -0.05) is 18.2 Å². The first kappa shape index (κ1) is 15.8. The molecule has 0 fully saturated rings. The van der Waals surface area contributed by atoms with E-state index < -0.39 is 0 Å². The van der Waals surface area contributed by atoms with E-state index in [1.165, 1.54) is 0 Å². The Labute approximate surface area is 129 Å². The summed E-state index contributed by atoms with van der Waals surface area (Å²) < 4.78 is 7.14. The van der Waals surface area contributed by atoms with Gasteiger partial charge in [0.15, 0.2) is 0 Å². The highest BCUT2D eigenvalue weighted by Crippen LogP contribution is 2.24. The fourth-order valence-corrected chi connectivity index (χ4v) is 2.13. The van der Waals surface area contributed by atoms with Crippen LogP contribution in [0.5, 0.6) is 5.75 Å². The van der Waals surface area contributed by atoms with E-state index in [4.69, 9.17) is 4.74 Å². The lowest BCUT2D eigenvalue weighted by molar-refractivity contribution is -0.116. The molecule has 2 aromatic rings. The zero-order valence-corrected chi connectivity index (χ0v) is 13.0. The largest absolute Gasteiger partial charge is 0.496 e. The number of ether oxygens (including phenoxy) is 1. The maximum Gasteiger partial charge on any atom is 0.244 e. The first-order chi connectivity index (χ1) is 10.6. The van der Waals surface area contributed by atoms with Crippen molar-refractivity contribution >= 4 is 11.5 Å². The standard InChI is InChI=1S/C16H20N4O2/c1-12(13-6-4-5-7-14(13)22-3)10-16(21)17-9-8-15-19-18-11-20(15)2/h4-7,10-11H,8-9H2,1-3H3,(H,17,21)/b12-10+. The second-order valence-electron chi connectivity index (χ2n) is 4.93. The van der Waals surface area contributed by atoms with E-state index in [0.717, 1.165) is 22.7 Å². The fourth-order valence-electron chi connectivity index (χ4n) is 2.13. The number of aryl methyl sites for hydroxylation is 1. The van der Waals surface area contributed by atoms with Crippen LogP contribution in [0.4, 0.5) is 0 Å². The second kappa shape index (κ2) is 7.40. The van der Waals surface area contributed by atoms with E-state index in [1.54, 1.807) is 19.5 Å². The summed E-state index contributed by atoms with van der Waals surface area (Å²) in [5.74, 6) is 1.46. The monoisotopic (exact) mass is 300 g/mol. The average Bonchev–Trinajstić information content (AvgIpc) is 2.92. The minimum absolute atomic E-state index is 0.134. The van der Waals surface area contributed by atoms with E-state index in [9.17, 15) is 4.79 Å². The van der Waals surface area contributed by atoms with Crippen molar-refractivity contribution in [1.29, 1.82) is 0 Å². The molecule has 0 aliphatic rings. The third-order valence-corrected chi connectivity index (χ3v) is 3.33. The topological polar surface area (TPSA) is 69.0 Å². The van der Waals surface area contributed by atoms with Crippen LogP contribution in [0.2, 0.25) is 0 Å². The molecule has 0 aliphatic heterocycles. The van der Waals surface area contributed by atoms with E-state index in [1.807, 2.05) is 42.8 Å². The molecule has 0 saturated heterocycles. The number of amides is 1. The number of benzene rings is 1. The summed E-state index contributed by atoms with van der Waals surface area (Å²) in [6.07, 6.45) is 3.86. The Bertz CT molecular complexity index is 676. The molecule has 0 radical (unpaired) electrons. The number of rotatable bonds is 6. The smallest absolute Gasteiger partial charge is 0.244 e. The predicted octanol–water partition coefficient (Wildman–Crippen LogP) is 1.59. The van der Waals surface area contributed by atoms with E-state index in [-0.39, 0.29) is 5.91 Å². The molecule has 0 saturated carbocycles. The van der Waals surface area contributed by atoms with Gasteiger partial charge in [-0.2, -0.15) is 0 Å². The number of hydrogen-bond acceptors (Lipinski definition) is 4. The highest BCUT2D eigenvalue weighted by molar-refractivity contribution is 5.95. The van der Waals surface area contributed by atoms with Crippen molar-refractivity contribution in [3.05, 3.63) is 48.1 Å². The van der Waals surface area contributed by atoms with Gasteiger partial charge in [0.25, 0.3) is 0 Å². The molecule has 0 aliphatic carbocycles. The van der Waals surface area contributed by atoms with Crippen molar-refractivity contribution in [1.82, 2.24) is 20.1 Å². The van der Waals surface area contributed by atoms with Crippen LogP contribution in [0.15, 0.2) is 36.7 Å². The van der Waals surface area contributed by atoms with Gasteiger partial charge in [0.1, 0.15) is 17.9 Å². The summed E-state index contributed by atoms with van der Waals surface area (Å²) in [5, 5.41) is 10.6. The summed E-state index contributed by atoms with van der Waals surface area (Å²) in [7, 11) is 3.50. The quantitative estimate of drug-likeness (QED) is 0.823. The van der Waals surface area contributed by atoms with Crippen LogP contribution in [0, 0.1) is 0 Å². The molecule has 0 unspecified atom stereocenters. The molecule has 0 bridgehead atoms. The Morgan fingerprint density at radius 1 is 1.41 bits per heavy atom. The average molecular weight is 300 g/mol. The molecular formula is C16H20N4O2. The molecule has 1 amide bonds. The zero-order valence-electron chi connectivity index (χ0n) is 13.0. The number of nitrogens with one attached hydrogen (secondary N) is 1. The summed E-state index contributed by atoms with van der Waals surface area (Å²) in [4.78, 5) is 12.0. The van der Waals surface area contributed by atoms with E-state index in [2.05, 4.69) is 15.5 Å². The van der Waals surface area contributed by atoms with Crippen LogP contribution < -0.4 is 10.1 Å². The Morgan fingerprint density at radius 2 is 2.18 bits per heavy atom. The van der Waals surface area contributed by atoms with Crippen molar-refractivity contribution in [3.8, 4) is 5.75 Å². The Kier molecular flexibility index (Phi) is 5.30. The van der Waals surface area contributed by atoms with Crippen LogP contribution in [0.3, 0.4) is 0 Å². The number of carbonyl (C=O) groups excluding carboxylic acids is 1. The third-order valence-electron chi connectivity index (χ3n) is 3.33. The van der Waals surface area contributed by atoms with Gasteiger partial charge >= 0.3 is 0 Å². The van der Waals surface area contributed by atoms with Crippen LogP contribution in [0.1, 0.15) is 18.3 Å². The number of methoxy groups -OCH3 is 1. The van der Waals surface area contributed by atoms with Crippen molar-refractivity contribution in [2.45, 2.75) is 13.3 Å². The lowest BCUT2D eigenvalue weighted by Crippen LogP contribution is -2.24.